The largest absolute Gasteiger partial charge is 0.472 e. The number of phosphoric ester groups is 4. The molecule has 0 aromatic heterocycles. The van der Waals surface area contributed by atoms with Gasteiger partial charge in [0.05, 0.1) is 13.2 Å². The van der Waals surface area contributed by atoms with E-state index in [4.69, 9.17) is 24.3 Å². The Kier molecular flexibility index (Phi) is 23.1. The summed E-state index contributed by atoms with van der Waals surface area (Å²) in [5.74, 6) is 0. The first-order valence-electron chi connectivity index (χ1n) is 16.3. The second kappa shape index (κ2) is 23.9. The van der Waals surface area contributed by atoms with E-state index < -0.39 is 80.6 Å². The number of aliphatic hydroxyl groups is 2. The molecule has 300 valence electrons. The summed E-state index contributed by atoms with van der Waals surface area (Å²) < 4.78 is 82.2. The van der Waals surface area contributed by atoms with Gasteiger partial charge in [-0.3, -0.25) is 22.6 Å². The van der Waals surface area contributed by atoms with Crippen LogP contribution in [0.4, 0.5) is 0 Å². The van der Waals surface area contributed by atoms with Crippen LogP contribution in [0.2, 0.25) is 0 Å². The van der Waals surface area contributed by atoms with Crippen LogP contribution in [0.3, 0.4) is 0 Å². The lowest BCUT2D eigenvalue weighted by atomic mass is 9.85. The first-order valence-corrected chi connectivity index (χ1v) is 22.4. The van der Waals surface area contributed by atoms with Gasteiger partial charge in [0.2, 0.25) is 0 Å². The van der Waals surface area contributed by atoms with E-state index in [0.717, 1.165) is 70.6 Å². The molecule has 0 saturated heterocycles. The first kappa shape index (κ1) is 48.3. The molecule has 3 unspecified atom stereocenters. The van der Waals surface area contributed by atoms with Gasteiger partial charge in [0, 0.05) is 13.2 Å². The average molecular weight is 814 g/mol. The van der Waals surface area contributed by atoms with Crippen molar-refractivity contribution in [1.82, 2.24) is 0 Å². The predicted octanol–water partition coefficient (Wildman–Crippen LogP) is 1.72. The zero-order valence-electron chi connectivity index (χ0n) is 27.9. The fourth-order valence-corrected chi connectivity index (χ4v) is 7.68. The molecule has 1 saturated carbocycles. The second-order valence-corrected chi connectivity index (χ2v) is 16.7. The van der Waals surface area contributed by atoms with Crippen LogP contribution in [-0.4, -0.2) is 120 Å². The zero-order chi connectivity index (χ0) is 38.0. The molecule has 0 bridgehead atoms. The highest BCUT2D eigenvalue weighted by Gasteiger charge is 2.58. The van der Waals surface area contributed by atoms with Crippen molar-refractivity contribution in [3.05, 3.63) is 0 Å². The van der Waals surface area contributed by atoms with Crippen molar-refractivity contribution >= 4 is 31.3 Å². The summed E-state index contributed by atoms with van der Waals surface area (Å²) in [7, 11) is -22.5. The summed E-state index contributed by atoms with van der Waals surface area (Å²) in [6.07, 6.45) is -5.26. The molecule has 0 aromatic carbocycles. The molecule has 11 N–H and O–H groups in total. The first-order chi connectivity index (χ1) is 23.2. The van der Waals surface area contributed by atoms with Crippen molar-refractivity contribution in [2.24, 2.45) is 5.73 Å². The topological polar surface area (TPSA) is 341 Å². The Morgan fingerprint density at radius 3 is 1.48 bits per heavy atom. The van der Waals surface area contributed by atoms with E-state index in [0.29, 0.717) is 19.6 Å². The Morgan fingerprint density at radius 1 is 0.560 bits per heavy atom. The maximum Gasteiger partial charge on any atom is 0.472 e. The molecule has 1 aliphatic rings. The SMILES string of the molecule is CCCCCCCCO[C@@H](COCCCCCCCCN)COP(=O)(O)OC1[C@H](O)[C@H](OP(=O)(O)O)C(OP(=O)(O)O)[C@H](OP(=O)(O)O)[C@H]1O. The molecule has 0 amide bonds. The van der Waals surface area contributed by atoms with Crippen LogP contribution in [0, 0.1) is 0 Å². The zero-order valence-corrected chi connectivity index (χ0v) is 31.5. The van der Waals surface area contributed by atoms with Gasteiger partial charge in [0.1, 0.15) is 42.7 Å². The maximum absolute atomic E-state index is 13.0. The Labute approximate surface area is 291 Å². The van der Waals surface area contributed by atoms with Crippen LogP contribution in [0.1, 0.15) is 84.0 Å². The van der Waals surface area contributed by atoms with E-state index in [1.165, 1.54) is 0 Å². The Hall–Kier alpha value is 0.240. The van der Waals surface area contributed by atoms with Crippen molar-refractivity contribution in [3.8, 4) is 0 Å². The highest BCUT2D eigenvalue weighted by Crippen LogP contribution is 2.53. The normalized spacial score (nSPS) is 25.4. The number of hydrogen-bond acceptors (Lipinski definition) is 14. The molecule has 1 fully saturated rings. The van der Waals surface area contributed by atoms with Crippen LogP contribution < -0.4 is 5.73 Å². The van der Waals surface area contributed by atoms with Gasteiger partial charge in [-0.15, -0.1) is 0 Å². The highest BCUT2D eigenvalue weighted by molar-refractivity contribution is 7.47. The molecule has 0 aromatic rings. The lowest BCUT2D eigenvalue weighted by molar-refractivity contribution is -0.209. The van der Waals surface area contributed by atoms with Crippen LogP contribution in [0.15, 0.2) is 0 Å². The van der Waals surface area contributed by atoms with Gasteiger partial charge >= 0.3 is 31.3 Å². The number of aliphatic hydroxyl groups excluding tert-OH is 2. The number of nitrogens with two attached hydrogens (primary N) is 1. The van der Waals surface area contributed by atoms with Crippen LogP contribution >= 0.6 is 31.3 Å². The lowest BCUT2D eigenvalue weighted by Crippen LogP contribution is -2.65. The van der Waals surface area contributed by atoms with Crippen LogP contribution in [-0.2, 0) is 50.4 Å². The summed E-state index contributed by atoms with van der Waals surface area (Å²) in [6, 6.07) is 0. The van der Waals surface area contributed by atoms with Gasteiger partial charge in [0.25, 0.3) is 0 Å². The van der Waals surface area contributed by atoms with E-state index in [-0.39, 0.29) is 13.2 Å². The standard InChI is InChI=1S/C25H55NO20P4/c1-2-3-4-5-10-13-16-41-19(17-40-15-12-9-7-6-8-11-14-26)18-42-50(38,39)46-22-20(27)23(43-47(29,30)31)25(45-49(35,36)37)24(21(22)28)44-48(32,33)34/h19-25,27-28H,2-18,26H2,1H3,(H,38,39)(H2,29,30,31)(H2,32,33,34)(H2,35,36,37)/t19-,20-,21-,22?,23-,24+,25?/m0/s1. The third-order valence-corrected chi connectivity index (χ3v) is 9.89. The molecule has 0 spiro atoms. The third-order valence-electron chi connectivity index (χ3n) is 7.35. The molecular formula is C25H55NO20P4. The Bertz CT molecular complexity index is 1080. The summed E-state index contributed by atoms with van der Waals surface area (Å²) in [4.78, 5) is 66.4. The van der Waals surface area contributed by atoms with Gasteiger partial charge in [-0.1, -0.05) is 64.7 Å². The highest BCUT2D eigenvalue weighted by atomic mass is 31.2. The summed E-state index contributed by atoms with van der Waals surface area (Å²) in [6.45, 7) is 2.67. The van der Waals surface area contributed by atoms with E-state index in [1.807, 2.05) is 0 Å². The lowest BCUT2D eigenvalue weighted by Gasteiger charge is -2.45. The maximum atomic E-state index is 13.0. The summed E-state index contributed by atoms with van der Waals surface area (Å²) in [5.41, 5.74) is 5.50. The molecule has 8 atom stereocenters. The van der Waals surface area contributed by atoms with Crippen molar-refractivity contribution in [1.29, 1.82) is 0 Å². The fourth-order valence-electron chi connectivity index (χ4n) is 5.03. The molecule has 1 aliphatic carbocycles. The Morgan fingerprint density at radius 2 is 1.00 bits per heavy atom. The van der Waals surface area contributed by atoms with E-state index in [1.54, 1.807) is 0 Å². The molecular weight excluding hydrogens is 758 g/mol. The fraction of sp³-hybridized carbons (Fsp3) is 1.00. The monoisotopic (exact) mass is 813 g/mol. The summed E-state index contributed by atoms with van der Waals surface area (Å²) >= 11 is 0. The number of rotatable bonds is 29. The smallest absolute Gasteiger partial charge is 0.387 e. The number of phosphoric acid groups is 4. The second-order valence-electron chi connectivity index (χ2n) is 11.7. The van der Waals surface area contributed by atoms with Gasteiger partial charge < -0.3 is 59.7 Å². The minimum Gasteiger partial charge on any atom is -0.387 e. The van der Waals surface area contributed by atoms with Gasteiger partial charge in [0.15, 0.2) is 0 Å². The van der Waals surface area contributed by atoms with Crippen molar-refractivity contribution in [3.63, 3.8) is 0 Å². The van der Waals surface area contributed by atoms with Crippen LogP contribution in [0.5, 0.6) is 0 Å². The number of unbranched alkanes of at least 4 members (excludes halogenated alkanes) is 10. The van der Waals surface area contributed by atoms with E-state index in [9.17, 15) is 62.7 Å². The quantitative estimate of drug-likeness (QED) is 0.0379. The molecule has 21 nitrogen and oxygen atoms in total. The van der Waals surface area contributed by atoms with Crippen molar-refractivity contribution in [2.75, 3.05) is 33.0 Å². The average Bonchev–Trinajstić information content (AvgIpc) is 2.98. The minimum absolute atomic E-state index is 0.0600. The molecule has 0 heterocycles. The van der Waals surface area contributed by atoms with Gasteiger partial charge in [-0.25, -0.2) is 18.3 Å². The van der Waals surface area contributed by atoms with E-state index >= 15 is 0 Å². The molecule has 50 heavy (non-hydrogen) atoms. The molecule has 0 radical (unpaired) electrons. The minimum atomic E-state index is -5.70. The van der Waals surface area contributed by atoms with Crippen molar-refractivity contribution < 1.29 is 94.8 Å². The predicted molar refractivity (Wildman–Crippen MR) is 174 cm³/mol. The number of ether oxygens (including phenoxy) is 2. The van der Waals surface area contributed by atoms with E-state index in [2.05, 4.69) is 20.5 Å². The van der Waals surface area contributed by atoms with Gasteiger partial charge in [-0.05, 0) is 25.8 Å². The third kappa shape index (κ3) is 21.8. The van der Waals surface area contributed by atoms with Crippen molar-refractivity contribution in [2.45, 2.75) is 127 Å². The van der Waals surface area contributed by atoms with Crippen LogP contribution in [0.25, 0.3) is 0 Å². The number of hydrogen-bond donors (Lipinski definition) is 10. The Balaban J connectivity index is 3.04. The van der Waals surface area contributed by atoms with Gasteiger partial charge in [-0.2, -0.15) is 0 Å². The summed E-state index contributed by atoms with van der Waals surface area (Å²) in [5, 5.41) is 21.6. The molecule has 25 heteroatoms. The molecule has 0 aliphatic heterocycles. The molecule has 1 rings (SSSR count).